The van der Waals surface area contributed by atoms with Crippen LogP contribution in [-0.2, 0) is 24.7 Å². The molecule has 9 nitrogen and oxygen atoms in total. The van der Waals surface area contributed by atoms with Gasteiger partial charge in [-0.25, -0.2) is 26.2 Å². The van der Waals surface area contributed by atoms with Crippen LogP contribution in [0.4, 0.5) is 9.52 Å². The van der Waals surface area contributed by atoms with Crippen LogP contribution in [0.15, 0.2) is 52.3 Å². The Morgan fingerprint density at radius 2 is 1.64 bits per heavy atom. The first-order valence-corrected chi connectivity index (χ1v) is 15.6. The Morgan fingerprint density at radius 1 is 0.972 bits per heavy atom. The number of amides is 1. The Kier molecular flexibility index (Phi) is 6.52. The van der Waals surface area contributed by atoms with Gasteiger partial charge in [0.25, 0.3) is 0 Å². The van der Waals surface area contributed by atoms with E-state index in [0.29, 0.717) is 44.5 Å². The van der Waals surface area contributed by atoms with E-state index < -0.39 is 31.7 Å². The summed E-state index contributed by atoms with van der Waals surface area (Å²) in [5.41, 5.74) is 0.716. The van der Waals surface area contributed by atoms with Crippen molar-refractivity contribution >= 4 is 52.5 Å². The van der Waals surface area contributed by atoms with Crippen molar-refractivity contribution in [2.24, 2.45) is 0 Å². The highest BCUT2D eigenvalue weighted by Gasteiger charge is 2.41. The first-order valence-electron chi connectivity index (χ1n) is 11.5. The molecule has 2 saturated heterocycles. The summed E-state index contributed by atoms with van der Waals surface area (Å²) in [7, 11) is -7.23. The largest absolute Gasteiger partial charge is 0.345 e. The lowest BCUT2D eigenvalue weighted by atomic mass is 10.2. The van der Waals surface area contributed by atoms with E-state index in [1.807, 2.05) is 0 Å². The molecule has 2 aromatic carbocycles. The van der Waals surface area contributed by atoms with Crippen molar-refractivity contribution in [3.63, 3.8) is 0 Å². The van der Waals surface area contributed by atoms with Crippen LogP contribution in [0, 0.1) is 5.82 Å². The number of hydrogen-bond acceptors (Lipinski definition) is 8. The number of thiazole rings is 1. The molecule has 0 aliphatic carbocycles. The average Bonchev–Trinajstić information content (AvgIpc) is 3.51. The van der Waals surface area contributed by atoms with Gasteiger partial charge in [-0.1, -0.05) is 11.3 Å². The van der Waals surface area contributed by atoms with Crippen molar-refractivity contribution in [3.8, 4) is 0 Å². The molecule has 1 unspecified atom stereocenters. The summed E-state index contributed by atoms with van der Waals surface area (Å²) in [5, 5.41) is 0.754. The monoisotopic (exact) mass is 552 g/mol. The maximum absolute atomic E-state index is 13.3. The number of benzene rings is 2. The molecule has 36 heavy (non-hydrogen) atoms. The predicted molar refractivity (Wildman–Crippen MR) is 135 cm³/mol. The number of carbonyl (C=O) groups excluding carboxylic acids is 1. The van der Waals surface area contributed by atoms with Gasteiger partial charge in [-0.15, -0.1) is 0 Å². The minimum Gasteiger partial charge on any atom is -0.345 e. The molecule has 2 fully saturated rings. The van der Waals surface area contributed by atoms with E-state index in [0.717, 1.165) is 22.0 Å². The Morgan fingerprint density at radius 3 is 2.31 bits per heavy atom. The third-order valence-corrected chi connectivity index (χ3v) is 10.7. The molecule has 0 N–H and O–H groups in total. The fraction of sp³-hybridized carbons (Fsp3) is 0.391. The third kappa shape index (κ3) is 4.72. The number of halogens is 1. The van der Waals surface area contributed by atoms with Gasteiger partial charge in [0, 0.05) is 39.0 Å². The SMILES string of the molecule is CS(=O)(=O)c1ccc2nc(N3CCN(C(=O)C4CCCN4S(=O)(=O)c4ccc(F)cc4)CC3)sc2c1. The minimum absolute atomic E-state index is 0.0247. The summed E-state index contributed by atoms with van der Waals surface area (Å²) in [6, 6.07) is 8.74. The smallest absolute Gasteiger partial charge is 0.243 e. The maximum atomic E-state index is 13.3. The van der Waals surface area contributed by atoms with Gasteiger partial charge < -0.3 is 9.80 Å². The summed E-state index contributed by atoms with van der Waals surface area (Å²) < 4.78 is 65.3. The summed E-state index contributed by atoms with van der Waals surface area (Å²) in [5.74, 6) is -0.746. The number of nitrogens with zero attached hydrogens (tertiary/aromatic N) is 4. The first kappa shape index (κ1) is 25.1. The Balaban J connectivity index is 1.27. The molecule has 0 radical (unpaired) electrons. The number of sulfonamides is 1. The van der Waals surface area contributed by atoms with Crippen LogP contribution in [0.3, 0.4) is 0 Å². The van der Waals surface area contributed by atoms with E-state index in [9.17, 15) is 26.0 Å². The zero-order valence-corrected chi connectivity index (χ0v) is 22.0. The number of rotatable bonds is 5. The van der Waals surface area contributed by atoms with E-state index in [1.54, 1.807) is 23.1 Å². The standard InChI is InChI=1S/C23H25FN4O5S3/c1-35(30,31)18-8-9-19-21(15-18)34-23(25-19)27-13-11-26(12-14-27)22(29)20-3-2-10-28(20)36(32,33)17-6-4-16(24)5-7-17/h4-9,15,20H,2-3,10-14H2,1H3. The number of aromatic nitrogens is 1. The van der Waals surface area contributed by atoms with Gasteiger partial charge >= 0.3 is 0 Å². The molecule has 2 aliphatic heterocycles. The number of anilines is 1. The van der Waals surface area contributed by atoms with E-state index in [2.05, 4.69) is 9.88 Å². The number of piperazine rings is 1. The van der Waals surface area contributed by atoms with E-state index in [-0.39, 0.29) is 22.2 Å². The lowest BCUT2D eigenvalue weighted by molar-refractivity contribution is -0.134. The second kappa shape index (κ2) is 9.36. The predicted octanol–water partition coefficient (Wildman–Crippen LogP) is 2.34. The topological polar surface area (TPSA) is 108 Å². The zero-order chi connectivity index (χ0) is 25.7. The van der Waals surface area contributed by atoms with E-state index in [4.69, 9.17) is 0 Å². The zero-order valence-electron chi connectivity index (χ0n) is 19.5. The fourth-order valence-electron chi connectivity index (χ4n) is 4.60. The molecule has 3 heterocycles. The minimum atomic E-state index is -3.91. The summed E-state index contributed by atoms with van der Waals surface area (Å²) in [6.07, 6.45) is 2.20. The number of fused-ring (bicyclic) bond motifs is 1. The van der Waals surface area contributed by atoms with Crippen LogP contribution in [0.25, 0.3) is 10.2 Å². The average molecular weight is 553 g/mol. The highest BCUT2D eigenvalue weighted by molar-refractivity contribution is 7.90. The van der Waals surface area contributed by atoms with Crippen LogP contribution in [0.5, 0.6) is 0 Å². The Hall–Kier alpha value is -2.61. The van der Waals surface area contributed by atoms with Crippen molar-refractivity contribution in [2.45, 2.75) is 28.7 Å². The first-order chi connectivity index (χ1) is 17.0. The molecule has 0 saturated carbocycles. The molecule has 5 rings (SSSR count). The quantitative estimate of drug-likeness (QED) is 0.478. The molecule has 0 bridgehead atoms. The Labute approximate surface area is 213 Å². The van der Waals surface area contributed by atoms with Crippen molar-refractivity contribution in [1.82, 2.24) is 14.2 Å². The Bertz CT molecular complexity index is 1510. The third-order valence-electron chi connectivity index (χ3n) is 6.55. The molecular formula is C23H25FN4O5S3. The maximum Gasteiger partial charge on any atom is 0.243 e. The van der Waals surface area contributed by atoms with Gasteiger partial charge in [0.2, 0.25) is 15.9 Å². The molecule has 1 amide bonds. The number of sulfone groups is 1. The highest BCUT2D eigenvalue weighted by atomic mass is 32.2. The van der Waals surface area contributed by atoms with Crippen molar-refractivity contribution in [2.75, 3.05) is 43.9 Å². The molecule has 0 spiro atoms. The fourth-order valence-corrected chi connectivity index (χ4v) is 8.03. The molecule has 192 valence electrons. The highest BCUT2D eigenvalue weighted by Crippen LogP contribution is 2.32. The van der Waals surface area contributed by atoms with Crippen molar-refractivity contribution < 1.29 is 26.0 Å². The van der Waals surface area contributed by atoms with Crippen molar-refractivity contribution in [1.29, 1.82) is 0 Å². The lowest BCUT2D eigenvalue weighted by Gasteiger charge is -2.37. The van der Waals surface area contributed by atoms with Gasteiger partial charge in [-0.2, -0.15) is 4.31 Å². The van der Waals surface area contributed by atoms with Crippen molar-refractivity contribution in [3.05, 3.63) is 48.3 Å². The van der Waals surface area contributed by atoms with Gasteiger partial charge in [0.15, 0.2) is 15.0 Å². The summed E-state index contributed by atoms with van der Waals surface area (Å²) >= 11 is 1.40. The van der Waals surface area contributed by atoms with Gasteiger partial charge in [-0.05, 0) is 55.3 Å². The summed E-state index contributed by atoms with van der Waals surface area (Å²) in [6.45, 7) is 2.15. The van der Waals surface area contributed by atoms with Crippen LogP contribution >= 0.6 is 11.3 Å². The van der Waals surface area contributed by atoms with Crippen LogP contribution < -0.4 is 4.90 Å². The van der Waals surface area contributed by atoms with E-state index in [1.165, 1.54) is 34.0 Å². The van der Waals surface area contributed by atoms with Crippen LogP contribution in [-0.4, -0.2) is 82.0 Å². The van der Waals surface area contributed by atoms with Gasteiger partial charge in [0.05, 0.1) is 20.0 Å². The molecule has 1 atom stereocenters. The second-order valence-electron chi connectivity index (χ2n) is 8.94. The second-order valence-corrected chi connectivity index (χ2v) is 13.9. The molecule has 13 heteroatoms. The number of hydrogen-bond donors (Lipinski definition) is 0. The molecule has 1 aromatic heterocycles. The number of carbonyl (C=O) groups is 1. The summed E-state index contributed by atoms with van der Waals surface area (Å²) in [4.78, 5) is 21.9. The molecular weight excluding hydrogens is 527 g/mol. The van der Waals surface area contributed by atoms with Crippen LogP contribution in [0.1, 0.15) is 12.8 Å². The van der Waals surface area contributed by atoms with Gasteiger partial charge in [0.1, 0.15) is 11.9 Å². The van der Waals surface area contributed by atoms with Crippen LogP contribution in [0.2, 0.25) is 0 Å². The molecule has 3 aromatic rings. The van der Waals surface area contributed by atoms with Gasteiger partial charge in [-0.3, -0.25) is 4.79 Å². The lowest BCUT2D eigenvalue weighted by Crippen LogP contribution is -2.54. The normalized spacial score (nSPS) is 19.8. The molecule has 2 aliphatic rings. The van der Waals surface area contributed by atoms with E-state index >= 15 is 0 Å².